The number of carbonyl (C=O) groups is 1. The van der Waals surface area contributed by atoms with E-state index in [0.717, 1.165) is 5.76 Å². The van der Waals surface area contributed by atoms with Gasteiger partial charge in [0.2, 0.25) is 5.78 Å². The van der Waals surface area contributed by atoms with Crippen LogP contribution in [-0.2, 0) is 0 Å². The summed E-state index contributed by atoms with van der Waals surface area (Å²) in [5.74, 6) is 1.65. The Morgan fingerprint density at radius 2 is 2.00 bits per heavy atom. The first-order valence-corrected chi connectivity index (χ1v) is 5.94. The molecule has 0 saturated carbocycles. The van der Waals surface area contributed by atoms with Gasteiger partial charge in [-0.2, -0.15) is 0 Å². The van der Waals surface area contributed by atoms with E-state index >= 15 is 0 Å². The number of rotatable bonds is 4. The lowest BCUT2D eigenvalue weighted by atomic mass is 10.1. The van der Waals surface area contributed by atoms with Gasteiger partial charge in [0.15, 0.2) is 5.76 Å². The first-order valence-electron chi connectivity index (χ1n) is 5.94. The summed E-state index contributed by atoms with van der Waals surface area (Å²) >= 11 is 0. The number of ketones is 1. The van der Waals surface area contributed by atoms with Gasteiger partial charge in [0, 0.05) is 5.56 Å². The molecule has 0 N–H and O–H groups in total. The zero-order chi connectivity index (χ0) is 13.1. The fraction of sp³-hybridized carbons (Fsp3) is 0.267. The van der Waals surface area contributed by atoms with Crippen molar-refractivity contribution in [2.75, 3.05) is 0 Å². The molecule has 0 aliphatic carbocycles. The fourth-order valence-corrected chi connectivity index (χ4v) is 1.68. The second kappa shape index (κ2) is 5.08. The molecule has 3 heteroatoms. The second-order valence-corrected chi connectivity index (χ2v) is 4.43. The molecule has 0 aliphatic heterocycles. The third-order valence-corrected chi connectivity index (χ3v) is 2.43. The molecule has 3 nitrogen and oxygen atoms in total. The van der Waals surface area contributed by atoms with Gasteiger partial charge in [-0.15, -0.1) is 0 Å². The molecule has 94 valence electrons. The summed E-state index contributed by atoms with van der Waals surface area (Å²) in [6.07, 6.45) is 0.0845. The Bertz CT molecular complexity index is 552. The average Bonchev–Trinajstić information content (AvgIpc) is 2.74. The normalized spacial score (nSPS) is 10.7. The van der Waals surface area contributed by atoms with Gasteiger partial charge >= 0.3 is 0 Å². The highest BCUT2D eigenvalue weighted by Crippen LogP contribution is 2.18. The number of benzene rings is 1. The van der Waals surface area contributed by atoms with E-state index in [2.05, 4.69) is 0 Å². The van der Waals surface area contributed by atoms with Crippen LogP contribution in [0.25, 0.3) is 0 Å². The molecule has 1 heterocycles. The minimum Gasteiger partial charge on any atom is -0.491 e. The van der Waals surface area contributed by atoms with E-state index in [1.54, 1.807) is 30.3 Å². The van der Waals surface area contributed by atoms with Crippen molar-refractivity contribution in [1.82, 2.24) is 0 Å². The minimum atomic E-state index is -0.127. The van der Waals surface area contributed by atoms with Crippen LogP contribution < -0.4 is 4.74 Å². The van der Waals surface area contributed by atoms with Crippen molar-refractivity contribution < 1.29 is 13.9 Å². The summed E-state index contributed by atoms with van der Waals surface area (Å²) in [6.45, 7) is 5.71. The number of hydrogen-bond donors (Lipinski definition) is 0. The Balaban J connectivity index is 2.25. The van der Waals surface area contributed by atoms with Crippen molar-refractivity contribution in [2.45, 2.75) is 26.9 Å². The molecule has 0 saturated heterocycles. The lowest BCUT2D eigenvalue weighted by Crippen LogP contribution is -2.06. The molecule has 1 aromatic carbocycles. The van der Waals surface area contributed by atoms with Crippen LogP contribution in [0.2, 0.25) is 0 Å². The van der Waals surface area contributed by atoms with Gasteiger partial charge in [-0.1, -0.05) is 12.1 Å². The van der Waals surface area contributed by atoms with Crippen LogP contribution in [0.15, 0.2) is 40.8 Å². The van der Waals surface area contributed by atoms with Crippen LogP contribution in [-0.4, -0.2) is 11.9 Å². The first kappa shape index (κ1) is 12.4. The molecule has 0 fully saturated rings. The summed E-state index contributed by atoms with van der Waals surface area (Å²) in [6, 6.07) is 10.6. The number of ether oxygens (including phenoxy) is 1. The van der Waals surface area contributed by atoms with E-state index in [1.807, 2.05) is 26.8 Å². The lowest BCUT2D eigenvalue weighted by molar-refractivity contribution is 0.101. The molecule has 0 spiro atoms. The van der Waals surface area contributed by atoms with Gasteiger partial charge in [-0.05, 0) is 45.0 Å². The standard InChI is InChI=1S/C15H16O3/c1-10(2)17-13-6-4-5-12(9-13)15(16)14-8-7-11(3)18-14/h4-10H,1-3H3. The van der Waals surface area contributed by atoms with Gasteiger partial charge in [0.25, 0.3) is 0 Å². The van der Waals surface area contributed by atoms with Crippen molar-refractivity contribution in [3.63, 3.8) is 0 Å². The Kier molecular flexibility index (Phi) is 3.51. The Hall–Kier alpha value is -2.03. The van der Waals surface area contributed by atoms with Crippen LogP contribution in [0.3, 0.4) is 0 Å². The van der Waals surface area contributed by atoms with Crippen LogP contribution in [0, 0.1) is 6.92 Å². The predicted molar refractivity (Wildman–Crippen MR) is 69.1 cm³/mol. The quantitative estimate of drug-likeness (QED) is 0.771. The third-order valence-electron chi connectivity index (χ3n) is 2.43. The summed E-state index contributed by atoms with van der Waals surface area (Å²) in [5, 5.41) is 0. The monoisotopic (exact) mass is 244 g/mol. The molecule has 0 radical (unpaired) electrons. The highest BCUT2D eigenvalue weighted by atomic mass is 16.5. The maximum atomic E-state index is 12.1. The molecular formula is C15H16O3. The van der Waals surface area contributed by atoms with Crippen molar-refractivity contribution in [1.29, 1.82) is 0 Å². The molecular weight excluding hydrogens is 228 g/mol. The predicted octanol–water partition coefficient (Wildman–Crippen LogP) is 3.61. The van der Waals surface area contributed by atoms with Crippen molar-refractivity contribution >= 4 is 5.78 Å². The maximum absolute atomic E-state index is 12.1. The van der Waals surface area contributed by atoms with Gasteiger partial charge in [0.1, 0.15) is 11.5 Å². The number of carbonyl (C=O) groups excluding carboxylic acids is 1. The molecule has 18 heavy (non-hydrogen) atoms. The minimum absolute atomic E-state index is 0.0845. The molecule has 0 amide bonds. The summed E-state index contributed by atoms with van der Waals surface area (Å²) < 4.78 is 10.9. The lowest BCUT2D eigenvalue weighted by Gasteiger charge is -2.10. The third kappa shape index (κ3) is 2.80. The maximum Gasteiger partial charge on any atom is 0.228 e. The zero-order valence-corrected chi connectivity index (χ0v) is 10.8. The van der Waals surface area contributed by atoms with Crippen LogP contribution in [0.4, 0.5) is 0 Å². The van der Waals surface area contributed by atoms with Crippen LogP contribution in [0.1, 0.15) is 35.7 Å². The van der Waals surface area contributed by atoms with E-state index in [-0.39, 0.29) is 11.9 Å². The number of furan rings is 1. The highest BCUT2D eigenvalue weighted by molar-refractivity contribution is 6.07. The topological polar surface area (TPSA) is 39.4 Å². The van der Waals surface area contributed by atoms with Gasteiger partial charge in [-0.3, -0.25) is 4.79 Å². The summed E-state index contributed by atoms with van der Waals surface area (Å²) in [7, 11) is 0. The Labute approximate surface area is 106 Å². The van der Waals surface area contributed by atoms with E-state index < -0.39 is 0 Å². The Morgan fingerprint density at radius 1 is 1.22 bits per heavy atom. The van der Waals surface area contributed by atoms with Crippen molar-refractivity contribution in [3.05, 3.63) is 53.5 Å². The average molecular weight is 244 g/mol. The van der Waals surface area contributed by atoms with Gasteiger partial charge < -0.3 is 9.15 Å². The van der Waals surface area contributed by atoms with Crippen LogP contribution >= 0.6 is 0 Å². The molecule has 0 bridgehead atoms. The SMILES string of the molecule is Cc1ccc(C(=O)c2cccc(OC(C)C)c2)o1. The van der Waals surface area contributed by atoms with Crippen molar-refractivity contribution in [3.8, 4) is 5.75 Å². The number of hydrogen-bond acceptors (Lipinski definition) is 3. The van der Waals surface area contributed by atoms with Crippen LogP contribution in [0.5, 0.6) is 5.75 Å². The smallest absolute Gasteiger partial charge is 0.228 e. The number of aryl methyl sites for hydroxylation is 1. The summed E-state index contributed by atoms with van der Waals surface area (Å²) in [5.41, 5.74) is 0.572. The molecule has 2 rings (SSSR count). The van der Waals surface area contributed by atoms with E-state index in [4.69, 9.17) is 9.15 Å². The van der Waals surface area contributed by atoms with Gasteiger partial charge in [-0.25, -0.2) is 0 Å². The highest BCUT2D eigenvalue weighted by Gasteiger charge is 2.13. The summed E-state index contributed by atoms with van der Waals surface area (Å²) in [4.78, 5) is 12.1. The van der Waals surface area contributed by atoms with E-state index in [1.165, 1.54) is 0 Å². The van der Waals surface area contributed by atoms with E-state index in [9.17, 15) is 4.79 Å². The molecule has 2 aromatic rings. The molecule has 0 unspecified atom stereocenters. The van der Waals surface area contributed by atoms with Crippen molar-refractivity contribution in [2.24, 2.45) is 0 Å². The Morgan fingerprint density at radius 3 is 2.61 bits per heavy atom. The molecule has 0 atom stereocenters. The molecule has 0 aliphatic rings. The second-order valence-electron chi connectivity index (χ2n) is 4.43. The fourth-order valence-electron chi connectivity index (χ4n) is 1.68. The zero-order valence-electron chi connectivity index (χ0n) is 10.8. The molecule has 1 aromatic heterocycles. The van der Waals surface area contributed by atoms with Gasteiger partial charge in [0.05, 0.1) is 6.10 Å². The van der Waals surface area contributed by atoms with E-state index in [0.29, 0.717) is 17.1 Å². The largest absolute Gasteiger partial charge is 0.491 e. The first-order chi connectivity index (χ1) is 8.56.